The van der Waals surface area contributed by atoms with Gasteiger partial charge in [-0.3, -0.25) is 14.4 Å². The summed E-state index contributed by atoms with van der Waals surface area (Å²) in [6, 6.07) is 11.3. The molecule has 0 spiro atoms. The lowest BCUT2D eigenvalue weighted by Crippen LogP contribution is -2.38. The molecule has 25 heavy (non-hydrogen) atoms. The van der Waals surface area contributed by atoms with Crippen molar-refractivity contribution in [2.45, 2.75) is 12.6 Å². The molecule has 2 aromatic rings. The normalized spacial score (nSPS) is 18.6. The van der Waals surface area contributed by atoms with E-state index in [0.717, 1.165) is 5.56 Å². The number of hydrogen-bond donors (Lipinski definition) is 1. The number of rotatable bonds is 3. The number of carbonyl (C=O) groups excluding carboxylic acids is 1. The first-order valence-electron chi connectivity index (χ1n) is 8.23. The molecule has 1 fully saturated rings. The average molecular weight is 339 g/mol. The van der Waals surface area contributed by atoms with Gasteiger partial charge in [-0.15, -0.1) is 0 Å². The Bertz CT molecular complexity index is 795. The van der Waals surface area contributed by atoms with Crippen molar-refractivity contribution in [1.29, 1.82) is 5.26 Å². The van der Waals surface area contributed by atoms with Crippen LogP contribution in [-0.4, -0.2) is 62.9 Å². The zero-order valence-electron chi connectivity index (χ0n) is 14.2. The molecule has 0 bridgehead atoms. The van der Waals surface area contributed by atoms with E-state index in [2.05, 4.69) is 16.1 Å². The maximum Gasteiger partial charge on any atom is 0.272 e. The van der Waals surface area contributed by atoms with Gasteiger partial charge in [-0.05, 0) is 23.8 Å². The highest BCUT2D eigenvalue weighted by atomic mass is 16.3. The number of benzene rings is 1. The van der Waals surface area contributed by atoms with Gasteiger partial charge >= 0.3 is 0 Å². The van der Waals surface area contributed by atoms with Gasteiger partial charge in [-0.1, -0.05) is 12.1 Å². The van der Waals surface area contributed by atoms with Gasteiger partial charge in [0.2, 0.25) is 0 Å². The van der Waals surface area contributed by atoms with E-state index < -0.39 is 6.10 Å². The molecular formula is C18H21N5O2. The second kappa shape index (κ2) is 7.47. The van der Waals surface area contributed by atoms with E-state index in [1.165, 1.54) is 0 Å². The predicted molar refractivity (Wildman–Crippen MR) is 91.6 cm³/mol. The third-order valence-corrected chi connectivity index (χ3v) is 4.38. The van der Waals surface area contributed by atoms with E-state index in [4.69, 9.17) is 5.26 Å². The molecule has 7 nitrogen and oxygen atoms in total. The van der Waals surface area contributed by atoms with E-state index in [1.54, 1.807) is 35.0 Å². The highest BCUT2D eigenvalue weighted by molar-refractivity contribution is 5.92. The van der Waals surface area contributed by atoms with Crippen LogP contribution in [0.5, 0.6) is 0 Å². The van der Waals surface area contributed by atoms with Gasteiger partial charge in [0.25, 0.3) is 5.91 Å². The van der Waals surface area contributed by atoms with E-state index in [-0.39, 0.29) is 5.91 Å². The summed E-state index contributed by atoms with van der Waals surface area (Å²) in [5, 5.41) is 23.4. The number of aliphatic hydroxyl groups excluding tert-OH is 1. The van der Waals surface area contributed by atoms with Crippen LogP contribution in [0.25, 0.3) is 0 Å². The molecule has 0 aliphatic carbocycles. The van der Waals surface area contributed by atoms with Crippen LogP contribution in [0.2, 0.25) is 0 Å². The Morgan fingerprint density at radius 3 is 2.92 bits per heavy atom. The Kier molecular flexibility index (Phi) is 5.12. The first-order chi connectivity index (χ1) is 12.1. The van der Waals surface area contributed by atoms with Crippen LogP contribution in [0.4, 0.5) is 0 Å². The van der Waals surface area contributed by atoms with Crippen LogP contribution in [0.3, 0.4) is 0 Å². The van der Waals surface area contributed by atoms with Crippen molar-refractivity contribution in [3.63, 3.8) is 0 Å². The number of aliphatic hydroxyl groups is 1. The molecule has 1 aromatic heterocycles. The second-order valence-electron chi connectivity index (χ2n) is 6.29. The summed E-state index contributed by atoms with van der Waals surface area (Å²) in [4.78, 5) is 16.4. The number of carbonyl (C=O) groups is 1. The third kappa shape index (κ3) is 4.05. The number of aryl methyl sites for hydroxylation is 1. The van der Waals surface area contributed by atoms with Crippen molar-refractivity contribution >= 4 is 5.91 Å². The van der Waals surface area contributed by atoms with Crippen molar-refractivity contribution in [3.8, 4) is 6.07 Å². The Balaban J connectivity index is 1.67. The molecule has 1 N–H and O–H groups in total. The smallest absolute Gasteiger partial charge is 0.272 e. The van der Waals surface area contributed by atoms with Crippen LogP contribution in [0.15, 0.2) is 36.5 Å². The van der Waals surface area contributed by atoms with Gasteiger partial charge in [0, 0.05) is 46.0 Å². The van der Waals surface area contributed by atoms with Gasteiger partial charge in [0.05, 0.1) is 17.7 Å². The first-order valence-corrected chi connectivity index (χ1v) is 8.23. The minimum atomic E-state index is -0.612. The van der Waals surface area contributed by atoms with E-state index in [9.17, 15) is 9.90 Å². The van der Waals surface area contributed by atoms with Crippen LogP contribution in [-0.2, 0) is 13.6 Å². The summed E-state index contributed by atoms with van der Waals surface area (Å²) in [7, 11) is 1.73. The summed E-state index contributed by atoms with van der Waals surface area (Å²) in [5.41, 5.74) is 2.17. The minimum absolute atomic E-state index is 0.118. The van der Waals surface area contributed by atoms with Gasteiger partial charge in [0.15, 0.2) is 0 Å². The molecule has 1 amide bonds. The quantitative estimate of drug-likeness (QED) is 0.886. The van der Waals surface area contributed by atoms with E-state index in [0.29, 0.717) is 44.0 Å². The molecule has 7 heteroatoms. The lowest BCUT2D eigenvalue weighted by molar-refractivity contribution is 0.0653. The van der Waals surface area contributed by atoms with Crippen LogP contribution in [0.1, 0.15) is 21.6 Å². The molecule has 1 unspecified atom stereocenters. The van der Waals surface area contributed by atoms with Crippen molar-refractivity contribution in [3.05, 3.63) is 53.3 Å². The lowest BCUT2D eigenvalue weighted by Gasteiger charge is -2.21. The van der Waals surface area contributed by atoms with Crippen LogP contribution >= 0.6 is 0 Å². The predicted octanol–water partition coefficient (Wildman–Crippen LogP) is 0.611. The van der Waals surface area contributed by atoms with E-state index in [1.807, 2.05) is 18.2 Å². The average Bonchev–Trinajstić information content (AvgIpc) is 2.94. The SMILES string of the molecule is Cn1nccc1C(=O)N1CCN(Cc2cccc(C#N)c2)CC(O)C1. The number of nitriles is 1. The maximum absolute atomic E-state index is 12.6. The fourth-order valence-corrected chi connectivity index (χ4v) is 3.13. The largest absolute Gasteiger partial charge is 0.390 e. The molecule has 1 saturated heterocycles. The molecule has 1 aliphatic rings. The number of aromatic nitrogens is 2. The standard InChI is InChI=1S/C18H21N5O2/c1-21-17(5-6-20-21)18(25)23-8-7-22(12-16(24)13-23)11-15-4-2-3-14(9-15)10-19/h2-6,9,16,24H,7-8,11-13H2,1H3. The topological polar surface area (TPSA) is 85.4 Å². The molecule has 0 saturated carbocycles. The number of hydrogen-bond acceptors (Lipinski definition) is 5. The molecule has 2 heterocycles. The Morgan fingerprint density at radius 2 is 2.20 bits per heavy atom. The monoisotopic (exact) mass is 339 g/mol. The third-order valence-electron chi connectivity index (χ3n) is 4.38. The molecule has 1 aliphatic heterocycles. The van der Waals surface area contributed by atoms with Gasteiger partial charge in [-0.2, -0.15) is 10.4 Å². The first kappa shape index (κ1) is 17.1. The zero-order chi connectivity index (χ0) is 17.8. The maximum atomic E-state index is 12.6. The highest BCUT2D eigenvalue weighted by Crippen LogP contribution is 2.13. The summed E-state index contributed by atoms with van der Waals surface area (Å²) < 4.78 is 1.55. The molecule has 1 atom stereocenters. The summed E-state index contributed by atoms with van der Waals surface area (Å²) in [6.45, 7) is 2.64. The molecule has 0 radical (unpaired) electrons. The van der Waals surface area contributed by atoms with Crippen molar-refractivity contribution in [2.24, 2.45) is 7.05 Å². The second-order valence-corrected chi connectivity index (χ2v) is 6.29. The van der Waals surface area contributed by atoms with Gasteiger partial charge in [-0.25, -0.2) is 0 Å². The number of β-amino-alcohol motifs (C(OH)–C–C–N with tert-alkyl or cyclic N) is 1. The van der Waals surface area contributed by atoms with E-state index >= 15 is 0 Å². The summed E-state index contributed by atoms with van der Waals surface area (Å²) in [6.07, 6.45) is 0.981. The number of amides is 1. The zero-order valence-corrected chi connectivity index (χ0v) is 14.2. The summed E-state index contributed by atoms with van der Waals surface area (Å²) in [5.74, 6) is -0.118. The molecule has 130 valence electrons. The number of nitrogens with zero attached hydrogens (tertiary/aromatic N) is 5. The molecular weight excluding hydrogens is 318 g/mol. The minimum Gasteiger partial charge on any atom is -0.390 e. The van der Waals surface area contributed by atoms with Crippen LogP contribution < -0.4 is 0 Å². The lowest BCUT2D eigenvalue weighted by atomic mass is 10.1. The van der Waals surface area contributed by atoms with Crippen molar-refractivity contribution < 1.29 is 9.90 Å². The molecule has 3 rings (SSSR count). The van der Waals surface area contributed by atoms with Crippen LogP contribution in [0, 0.1) is 11.3 Å². The van der Waals surface area contributed by atoms with Gasteiger partial charge in [0.1, 0.15) is 5.69 Å². The summed E-state index contributed by atoms with van der Waals surface area (Å²) >= 11 is 0. The molecule has 1 aromatic carbocycles. The van der Waals surface area contributed by atoms with Gasteiger partial charge < -0.3 is 10.0 Å². The Hall–Kier alpha value is -2.69. The Morgan fingerprint density at radius 1 is 1.36 bits per heavy atom. The van der Waals surface area contributed by atoms with Crippen molar-refractivity contribution in [2.75, 3.05) is 26.2 Å². The van der Waals surface area contributed by atoms with Crippen molar-refractivity contribution in [1.82, 2.24) is 19.6 Å². The fourth-order valence-electron chi connectivity index (χ4n) is 3.13. The fraction of sp³-hybridized carbons (Fsp3) is 0.389. The highest BCUT2D eigenvalue weighted by Gasteiger charge is 2.26. The Labute approximate surface area is 146 Å².